The molecule has 3 nitrogen and oxygen atoms in total. The highest BCUT2D eigenvalue weighted by atomic mass is 35.5. The van der Waals surface area contributed by atoms with Gasteiger partial charge >= 0.3 is 0 Å². The van der Waals surface area contributed by atoms with Crippen molar-refractivity contribution in [1.82, 2.24) is 5.32 Å². The molecule has 0 aliphatic rings. The Morgan fingerprint density at radius 3 is 2.89 bits per heavy atom. The van der Waals surface area contributed by atoms with E-state index in [1.54, 1.807) is 11.3 Å². The third-order valence-electron chi connectivity index (χ3n) is 2.60. The van der Waals surface area contributed by atoms with E-state index in [0.29, 0.717) is 11.6 Å². The fourth-order valence-corrected chi connectivity index (χ4v) is 2.55. The van der Waals surface area contributed by atoms with Crippen LogP contribution < -0.4 is 10.6 Å². The van der Waals surface area contributed by atoms with Crippen molar-refractivity contribution < 1.29 is 4.79 Å². The van der Waals surface area contributed by atoms with Crippen molar-refractivity contribution in [3.63, 3.8) is 0 Å². The van der Waals surface area contributed by atoms with Crippen LogP contribution in [0.3, 0.4) is 0 Å². The van der Waals surface area contributed by atoms with Gasteiger partial charge in [-0.1, -0.05) is 23.7 Å². The van der Waals surface area contributed by atoms with Crippen molar-refractivity contribution in [1.29, 1.82) is 0 Å². The van der Waals surface area contributed by atoms with Crippen LogP contribution in [0.1, 0.15) is 10.4 Å². The minimum absolute atomic E-state index is 0.0509. The molecule has 0 radical (unpaired) electrons. The van der Waals surface area contributed by atoms with E-state index in [1.165, 1.54) is 0 Å². The lowest BCUT2D eigenvalue weighted by molar-refractivity contribution is -0.119. The molecule has 5 heteroatoms. The summed E-state index contributed by atoms with van der Waals surface area (Å²) in [5.74, 6) is -0.0509. The molecular formula is C14H15ClN2OS. The van der Waals surface area contributed by atoms with E-state index in [9.17, 15) is 4.79 Å². The van der Waals surface area contributed by atoms with Crippen LogP contribution in [0.15, 0.2) is 35.7 Å². The number of benzene rings is 1. The van der Waals surface area contributed by atoms with Crippen LogP contribution in [0.2, 0.25) is 5.02 Å². The summed E-state index contributed by atoms with van der Waals surface area (Å²) >= 11 is 7.71. The van der Waals surface area contributed by atoms with Crippen LogP contribution in [0.4, 0.5) is 5.69 Å². The summed E-state index contributed by atoms with van der Waals surface area (Å²) in [6.07, 6.45) is 0. The number of amides is 1. The van der Waals surface area contributed by atoms with E-state index in [0.717, 1.165) is 16.1 Å². The van der Waals surface area contributed by atoms with Gasteiger partial charge in [0.2, 0.25) is 5.91 Å². The third kappa shape index (κ3) is 4.26. The summed E-state index contributed by atoms with van der Waals surface area (Å²) in [5, 5.41) is 8.50. The average molecular weight is 295 g/mol. The SMILES string of the molecule is Cc1ccc(NCC(=O)NCc2cccs2)c(Cl)c1. The zero-order chi connectivity index (χ0) is 13.7. The molecule has 2 N–H and O–H groups in total. The normalized spacial score (nSPS) is 10.2. The average Bonchev–Trinajstić information content (AvgIpc) is 2.88. The van der Waals surface area contributed by atoms with Crippen molar-refractivity contribution in [2.75, 3.05) is 11.9 Å². The number of carbonyl (C=O) groups is 1. The van der Waals surface area contributed by atoms with Crippen LogP contribution in [0.5, 0.6) is 0 Å². The highest BCUT2D eigenvalue weighted by Gasteiger charge is 2.04. The Balaban J connectivity index is 1.80. The molecule has 0 aliphatic carbocycles. The second-order valence-electron chi connectivity index (χ2n) is 4.19. The Kier molecular flexibility index (Phi) is 4.82. The Morgan fingerprint density at radius 2 is 2.21 bits per heavy atom. The van der Waals surface area contributed by atoms with E-state index >= 15 is 0 Å². The van der Waals surface area contributed by atoms with Gasteiger partial charge in [-0.25, -0.2) is 0 Å². The second-order valence-corrected chi connectivity index (χ2v) is 5.63. The fraction of sp³-hybridized carbons (Fsp3) is 0.214. The molecule has 19 heavy (non-hydrogen) atoms. The first-order valence-electron chi connectivity index (χ1n) is 5.94. The fourth-order valence-electron chi connectivity index (χ4n) is 1.60. The maximum atomic E-state index is 11.7. The van der Waals surface area contributed by atoms with E-state index in [2.05, 4.69) is 10.6 Å². The monoisotopic (exact) mass is 294 g/mol. The first-order valence-corrected chi connectivity index (χ1v) is 7.20. The summed E-state index contributed by atoms with van der Waals surface area (Å²) in [7, 11) is 0. The molecule has 1 aromatic heterocycles. The molecule has 2 aromatic rings. The number of thiophene rings is 1. The van der Waals surface area contributed by atoms with Gasteiger partial charge in [-0.15, -0.1) is 11.3 Å². The molecule has 0 atom stereocenters. The van der Waals surface area contributed by atoms with Crippen LogP contribution in [0, 0.1) is 6.92 Å². The van der Waals surface area contributed by atoms with Gasteiger partial charge in [0.05, 0.1) is 23.8 Å². The van der Waals surface area contributed by atoms with Gasteiger partial charge in [-0.05, 0) is 36.1 Å². The Morgan fingerprint density at radius 1 is 1.37 bits per heavy atom. The van der Waals surface area contributed by atoms with Gasteiger partial charge in [-0.3, -0.25) is 4.79 Å². The summed E-state index contributed by atoms with van der Waals surface area (Å²) in [6.45, 7) is 2.76. The predicted molar refractivity (Wildman–Crippen MR) is 80.8 cm³/mol. The van der Waals surface area contributed by atoms with Crippen molar-refractivity contribution in [3.8, 4) is 0 Å². The maximum Gasteiger partial charge on any atom is 0.239 e. The van der Waals surface area contributed by atoms with Crippen LogP contribution in [0.25, 0.3) is 0 Å². The highest BCUT2D eigenvalue weighted by Crippen LogP contribution is 2.22. The molecule has 0 aliphatic heterocycles. The zero-order valence-electron chi connectivity index (χ0n) is 10.6. The van der Waals surface area contributed by atoms with Crippen LogP contribution in [-0.2, 0) is 11.3 Å². The maximum absolute atomic E-state index is 11.7. The quantitative estimate of drug-likeness (QED) is 0.887. The summed E-state index contributed by atoms with van der Waals surface area (Å²) < 4.78 is 0. The van der Waals surface area contributed by atoms with E-state index in [1.807, 2.05) is 42.6 Å². The van der Waals surface area contributed by atoms with Crippen LogP contribution in [-0.4, -0.2) is 12.5 Å². The number of hydrogen-bond donors (Lipinski definition) is 2. The van der Waals surface area contributed by atoms with Gasteiger partial charge in [-0.2, -0.15) is 0 Å². The number of nitrogens with one attached hydrogen (secondary N) is 2. The van der Waals surface area contributed by atoms with Crippen LogP contribution >= 0.6 is 22.9 Å². The standard InChI is InChI=1S/C14H15ClN2OS/c1-10-4-5-13(12(15)7-10)16-9-14(18)17-8-11-3-2-6-19-11/h2-7,16H,8-9H2,1H3,(H,17,18). The molecule has 0 saturated heterocycles. The lowest BCUT2D eigenvalue weighted by atomic mass is 10.2. The largest absolute Gasteiger partial charge is 0.375 e. The van der Waals surface area contributed by atoms with Gasteiger partial charge in [0.15, 0.2) is 0 Å². The zero-order valence-corrected chi connectivity index (χ0v) is 12.1. The lowest BCUT2D eigenvalue weighted by Gasteiger charge is -2.09. The van der Waals surface area contributed by atoms with Crippen molar-refractivity contribution >= 4 is 34.5 Å². The first kappa shape index (κ1) is 13.9. The van der Waals surface area contributed by atoms with Gasteiger partial charge < -0.3 is 10.6 Å². The number of rotatable bonds is 5. The number of aryl methyl sites for hydroxylation is 1. The predicted octanol–water partition coefficient (Wildman–Crippen LogP) is 3.44. The van der Waals surface area contributed by atoms with Crippen molar-refractivity contribution in [3.05, 3.63) is 51.2 Å². The molecule has 1 heterocycles. The Labute approximate surface area is 121 Å². The molecule has 0 bridgehead atoms. The Bertz CT molecular complexity index is 555. The molecule has 100 valence electrons. The van der Waals surface area contributed by atoms with E-state index in [4.69, 9.17) is 11.6 Å². The molecule has 0 fully saturated rings. The minimum atomic E-state index is -0.0509. The molecule has 2 rings (SSSR count). The number of anilines is 1. The number of halogens is 1. The van der Waals surface area contributed by atoms with Gasteiger partial charge in [0, 0.05) is 4.88 Å². The molecule has 0 saturated carbocycles. The molecular weight excluding hydrogens is 280 g/mol. The summed E-state index contributed by atoms with van der Waals surface area (Å²) in [4.78, 5) is 12.8. The smallest absolute Gasteiger partial charge is 0.239 e. The summed E-state index contributed by atoms with van der Waals surface area (Å²) in [6, 6.07) is 9.67. The Hall–Kier alpha value is -1.52. The molecule has 1 amide bonds. The molecule has 1 aromatic carbocycles. The molecule has 0 spiro atoms. The third-order valence-corrected chi connectivity index (χ3v) is 3.79. The van der Waals surface area contributed by atoms with Crippen molar-refractivity contribution in [2.24, 2.45) is 0 Å². The minimum Gasteiger partial charge on any atom is -0.375 e. The van der Waals surface area contributed by atoms with Crippen molar-refractivity contribution in [2.45, 2.75) is 13.5 Å². The topological polar surface area (TPSA) is 41.1 Å². The summed E-state index contributed by atoms with van der Waals surface area (Å²) in [5.41, 5.74) is 1.87. The lowest BCUT2D eigenvalue weighted by Crippen LogP contribution is -2.29. The van der Waals surface area contributed by atoms with E-state index < -0.39 is 0 Å². The first-order chi connectivity index (χ1) is 9.15. The highest BCUT2D eigenvalue weighted by molar-refractivity contribution is 7.09. The number of hydrogen-bond acceptors (Lipinski definition) is 3. The van der Waals surface area contributed by atoms with Gasteiger partial charge in [0.25, 0.3) is 0 Å². The number of carbonyl (C=O) groups excluding carboxylic acids is 1. The second kappa shape index (κ2) is 6.59. The molecule has 0 unspecified atom stereocenters. The van der Waals surface area contributed by atoms with Gasteiger partial charge in [0.1, 0.15) is 0 Å². The van der Waals surface area contributed by atoms with E-state index in [-0.39, 0.29) is 12.5 Å².